The molecular formula is C17H23F2N. The Morgan fingerprint density at radius 3 is 2.45 bits per heavy atom. The third-order valence-corrected chi connectivity index (χ3v) is 4.00. The lowest BCUT2D eigenvalue weighted by molar-refractivity contribution is 0.217. The van der Waals surface area contributed by atoms with Crippen molar-refractivity contribution in [3.63, 3.8) is 0 Å². The molecule has 0 unspecified atom stereocenters. The highest BCUT2D eigenvalue weighted by Gasteiger charge is 2.49. The smallest absolute Gasteiger partial charge is 0.127 e. The molecule has 1 aromatic carbocycles. The lowest BCUT2D eigenvalue weighted by Crippen LogP contribution is -2.21. The first-order valence-electron chi connectivity index (χ1n) is 7.34. The van der Waals surface area contributed by atoms with Crippen LogP contribution in [0, 0.1) is 11.2 Å². The molecule has 0 radical (unpaired) electrons. The summed E-state index contributed by atoms with van der Waals surface area (Å²) < 4.78 is 28.0. The van der Waals surface area contributed by atoms with Crippen LogP contribution in [0.2, 0.25) is 0 Å². The van der Waals surface area contributed by atoms with Crippen molar-refractivity contribution in [2.45, 2.75) is 64.0 Å². The average Bonchev–Trinajstić information content (AvgIpc) is 3.08. The molecule has 0 aromatic heterocycles. The lowest BCUT2D eigenvalue weighted by Gasteiger charge is -2.19. The third-order valence-electron chi connectivity index (χ3n) is 4.00. The van der Waals surface area contributed by atoms with Crippen molar-refractivity contribution in [1.82, 2.24) is 0 Å². The van der Waals surface area contributed by atoms with E-state index in [0.717, 1.165) is 25.7 Å². The molecule has 0 atom stereocenters. The van der Waals surface area contributed by atoms with Gasteiger partial charge in [0.05, 0.1) is 0 Å². The fraction of sp³-hybridized carbons (Fsp3) is 0.588. The summed E-state index contributed by atoms with van der Waals surface area (Å²) in [6.45, 7) is 5.03. The average molecular weight is 279 g/mol. The third kappa shape index (κ3) is 3.08. The molecular weight excluding hydrogens is 256 g/mol. The SMILES string of the molecule is CCCC(=N)C1(c2ccc(CC(C)(C)F)cc2F)CC1. The molecule has 0 saturated heterocycles. The van der Waals surface area contributed by atoms with E-state index < -0.39 is 5.67 Å². The van der Waals surface area contributed by atoms with E-state index in [9.17, 15) is 8.78 Å². The minimum atomic E-state index is -1.33. The molecule has 3 heteroatoms. The van der Waals surface area contributed by atoms with E-state index in [2.05, 4.69) is 0 Å². The summed E-state index contributed by atoms with van der Waals surface area (Å²) in [7, 11) is 0. The first kappa shape index (κ1) is 15.1. The summed E-state index contributed by atoms with van der Waals surface area (Å²) in [5.41, 5.74) is 0.231. The van der Waals surface area contributed by atoms with Gasteiger partial charge in [-0.25, -0.2) is 8.78 Å². The van der Waals surface area contributed by atoms with Crippen molar-refractivity contribution < 1.29 is 8.78 Å². The Morgan fingerprint density at radius 2 is 2.00 bits per heavy atom. The Labute approximate surface area is 119 Å². The summed E-state index contributed by atoms with van der Waals surface area (Å²) in [4.78, 5) is 0. The predicted molar refractivity (Wildman–Crippen MR) is 78.8 cm³/mol. The summed E-state index contributed by atoms with van der Waals surface area (Å²) in [5, 5.41) is 8.16. The molecule has 0 bridgehead atoms. The van der Waals surface area contributed by atoms with Gasteiger partial charge in [0.2, 0.25) is 0 Å². The van der Waals surface area contributed by atoms with Crippen molar-refractivity contribution in [2.75, 3.05) is 0 Å². The van der Waals surface area contributed by atoms with E-state index in [0.29, 0.717) is 16.8 Å². The maximum atomic E-state index is 14.3. The van der Waals surface area contributed by atoms with Gasteiger partial charge in [0.15, 0.2) is 0 Å². The van der Waals surface area contributed by atoms with Crippen LogP contribution in [-0.4, -0.2) is 11.4 Å². The number of rotatable bonds is 6. The molecule has 0 heterocycles. The number of nitrogens with one attached hydrogen (secondary N) is 1. The number of benzene rings is 1. The molecule has 1 aliphatic rings. The van der Waals surface area contributed by atoms with E-state index in [4.69, 9.17) is 5.41 Å². The molecule has 20 heavy (non-hydrogen) atoms. The van der Waals surface area contributed by atoms with E-state index in [1.54, 1.807) is 12.1 Å². The van der Waals surface area contributed by atoms with Crippen LogP contribution >= 0.6 is 0 Å². The summed E-state index contributed by atoms with van der Waals surface area (Å²) in [6.07, 6.45) is 3.56. The van der Waals surface area contributed by atoms with Gasteiger partial charge in [0.25, 0.3) is 0 Å². The second-order valence-electron chi connectivity index (χ2n) is 6.52. The zero-order valence-corrected chi connectivity index (χ0v) is 12.5. The van der Waals surface area contributed by atoms with Crippen molar-refractivity contribution in [1.29, 1.82) is 5.41 Å². The van der Waals surface area contributed by atoms with Crippen LogP contribution in [0.15, 0.2) is 18.2 Å². The molecule has 1 aromatic rings. The molecule has 1 aliphatic carbocycles. The van der Waals surface area contributed by atoms with Crippen LogP contribution in [0.4, 0.5) is 8.78 Å². The monoisotopic (exact) mass is 279 g/mol. The Balaban J connectivity index is 2.25. The van der Waals surface area contributed by atoms with Gasteiger partial charge in [-0.1, -0.05) is 25.5 Å². The van der Waals surface area contributed by atoms with Gasteiger partial charge in [0.1, 0.15) is 11.5 Å². The van der Waals surface area contributed by atoms with Gasteiger partial charge in [-0.3, -0.25) is 0 Å². The molecule has 1 N–H and O–H groups in total. The standard InChI is InChI=1S/C17H23F2N/c1-4-5-15(20)17(8-9-17)13-7-6-12(10-14(13)18)11-16(2,3)19/h6-7,10,20H,4-5,8-9,11H2,1-3H3. The Morgan fingerprint density at radius 1 is 1.35 bits per heavy atom. The minimum absolute atomic E-state index is 0.212. The zero-order chi connectivity index (χ0) is 15.0. The molecule has 1 saturated carbocycles. The summed E-state index contributed by atoms with van der Waals surface area (Å²) >= 11 is 0. The molecule has 110 valence electrons. The molecule has 1 nitrogen and oxygen atoms in total. The van der Waals surface area contributed by atoms with Gasteiger partial charge in [0, 0.05) is 17.5 Å². The van der Waals surface area contributed by atoms with Gasteiger partial charge in [-0.05, 0) is 50.3 Å². The van der Waals surface area contributed by atoms with Crippen LogP contribution in [0.1, 0.15) is 57.6 Å². The van der Waals surface area contributed by atoms with Gasteiger partial charge >= 0.3 is 0 Å². The van der Waals surface area contributed by atoms with Gasteiger partial charge < -0.3 is 5.41 Å². The van der Waals surface area contributed by atoms with Gasteiger partial charge in [-0.2, -0.15) is 0 Å². The van der Waals surface area contributed by atoms with Crippen LogP contribution in [0.25, 0.3) is 0 Å². The predicted octanol–water partition coefficient (Wildman–Crippen LogP) is 4.97. The second-order valence-corrected chi connectivity index (χ2v) is 6.52. The highest BCUT2D eigenvalue weighted by atomic mass is 19.1. The molecule has 0 amide bonds. The highest BCUT2D eigenvalue weighted by molar-refractivity contribution is 5.95. The topological polar surface area (TPSA) is 23.9 Å². The van der Waals surface area contributed by atoms with E-state index in [1.807, 2.05) is 6.92 Å². The number of halogens is 2. The van der Waals surface area contributed by atoms with Crippen molar-refractivity contribution in [2.24, 2.45) is 0 Å². The maximum Gasteiger partial charge on any atom is 0.127 e. The molecule has 2 rings (SSSR count). The van der Waals surface area contributed by atoms with Crippen molar-refractivity contribution in [3.05, 3.63) is 35.1 Å². The van der Waals surface area contributed by atoms with Crippen LogP contribution in [0.5, 0.6) is 0 Å². The van der Waals surface area contributed by atoms with Crippen LogP contribution < -0.4 is 0 Å². The fourth-order valence-electron chi connectivity index (χ4n) is 2.89. The number of alkyl halides is 1. The number of hydrogen-bond acceptors (Lipinski definition) is 1. The van der Waals surface area contributed by atoms with Crippen molar-refractivity contribution >= 4 is 5.71 Å². The minimum Gasteiger partial charge on any atom is -0.309 e. The van der Waals surface area contributed by atoms with Crippen LogP contribution in [-0.2, 0) is 11.8 Å². The first-order chi connectivity index (χ1) is 9.28. The quantitative estimate of drug-likeness (QED) is 0.711. The van der Waals surface area contributed by atoms with E-state index in [1.165, 1.54) is 19.9 Å². The summed E-state index contributed by atoms with van der Waals surface area (Å²) in [5.74, 6) is -0.287. The molecule has 0 aliphatic heterocycles. The molecule has 1 fully saturated rings. The highest BCUT2D eigenvalue weighted by Crippen LogP contribution is 2.51. The lowest BCUT2D eigenvalue weighted by atomic mass is 9.86. The maximum absolute atomic E-state index is 14.3. The van der Waals surface area contributed by atoms with Crippen LogP contribution in [0.3, 0.4) is 0 Å². The fourth-order valence-corrected chi connectivity index (χ4v) is 2.89. The second kappa shape index (κ2) is 5.27. The first-order valence-corrected chi connectivity index (χ1v) is 7.34. The zero-order valence-electron chi connectivity index (χ0n) is 12.5. The Hall–Kier alpha value is -1.25. The summed E-state index contributed by atoms with van der Waals surface area (Å²) in [6, 6.07) is 5.00. The Bertz CT molecular complexity index is 510. The molecule has 0 spiro atoms. The normalized spacial score (nSPS) is 17.1. The van der Waals surface area contributed by atoms with Crippen molar-refractivity contribution in [3.8, 4) is 0 Å². The number of hydrogen-bond donors (Lipinski definition) is 1. The van der Waals surface area contributed by atoms with E-state index >= 15 is 0 Å². The van der Waals surface area contributed by atoms with E-state index in [-0.39, 0.29) is 17.7 Å². The largest absolute Gasteiger partial charge is 0.309 e. The Kier molecular flexibility index (Phi) is 3.99. The van der Waals surface area contributed by atoms with Gasteiger partial charge in [-0.15, -0.1) is 0 Å².